The number of carbonyl (C=O) groups is 1. The summed E-state index contributed by atoms with van der Waals surface area (Å²) in [5.41, 5.74) is 2.28. The zero-order valence-electron chi connectivity index (χ0n) is 10.9. The number of methoxy groups -OCH3 is 1. The lowest BCUT2D eigenvalue weighted by molar-refractivity contribution is -0.121. The molecule has 1 aromatic rings. The highest BCUT2D eigenvalue weighted by Gasteiger charge is 2.26. The van der Waals surface area contributed by atoms with Gasteiger partial charge in [-0.05, 0) is 17.5 Å². The van der Waals surface area contributed by atoms with Crippen molar-refractivity contribution in [2.75, 3.05) is 25.6 Å². The molecule has 1 aromatic carbocycles. The summed E-state index contributed by atoms with van der Waals surface area (Å²) >= 11 is 0. The second-order valence-electron chi connectivity index (χ2n) is 4.86. The Kier molecular flexibility index (Phi) is 4.20. The van der Waals surface area contributed by atoms with Crippen molar-refractivity contribution in [3.63, 3.8) is 0 Å². The van der Waals surface area contributed by atoms with Gasteiger partial charge in [-0.15, -0.1) is 0 Å². The summed E-state index contributed by atoms with van der Waals surface area (Å²) in [6, 6.07) is 7.91. The van der Waals surface area contributed by atoms with E-state index in [4.69, 9.17) is 4.74 Å². The maximum Gasteiger partial charge on any atom is 0.242 e. The smallest absolute Gasteiger partial charge is 0.242 e. The van der Waals surface area contributed by atoms with Crippen LogP contribution in [0.1, 0.15) is 12.5 Å². The molecule has 0 radical (unpaired) electrons. The molecule has 1 amide bonds. The van der Waals surface area contributed by atoms with E-state index in [0.29, 0.717) is 19.1 Å². The quantitative estimate of drug-likeness (QED) is 0.828. The van der Waals surface area contributed by atoms with Gasteiger partial charge in [0.1, 0.15) is 6.04 Å². The van der Waals surface area contributed by atoms with Gasteiger partial charge in [-0.3, -0.25) is 4.79 Å². The summed E-state index contributed by atoms with van der Waals surface area (Å²) in [6.45, 7) is 3.38. The van der Waals surface area contributed by atoms with E-state index in [2.05, 4.69) is 23.6 Å². The zero-order valence-corrected chi connectivity index (χ0v) is 10.9. The van der Waals surface area contributed by atoms with Crippen molar-refractivity contribution in [2.24, 2.45) is 5.92 Å². The molecule has 0 saturated heterocycles. The third-order valence-electron chi connectivity index (χ3n) is 3.16. The minimum atomic E-state index is -0.142. The van der Waals surface area contributed by atoms with E-state index < -0.39 is 0 Å². The Morgan fingerprint density at radius 2 is 2.33 bits per heavy atom. The lowest BCUT2D eigenvalue weighted by Gasteiger charge is -2.15. The molecule has 1 heterocycles. The number of fused-ring (bicyclic) bond motifs is 1. The molecule has 0 aromatic heterocycles. The van der Waals surface area contributed by atoms with Gasteiger partial charge in [-0.25, -0.2) is 0 Å². The van der Waals surface area contributed by atoms with Gasteiger partial charge in [0.15, 0.2) is 0 Å². The van der Waals surface area contributed by atoms with Crippen LogP contribution in [0.3, 0.4) is 0 Å². The Balaban J connectivity index is 1.82. The fourth-order valence-corrected chi connectivity index (χ4v) is 2.20. The highest BCUT2D eigenvalue weighted by atomic mass is 16.5. The van der Waals surface area contributed by atoms with E-state index in [1.807, 2.05) is 18.2 Å². The second kappa shape index (κ2) is 5.87. The van der Waals surface area contributed by atoms with Gasteiger partial charge in [0, 0.05) is 25.8 Å². The summed E-state index contributed by atoms with van der Waals surface area (Å²) in [5, 5.41) is 6.21. The van der Waals surface area contributed by atoms with Crippen molar-refractivity contribution >= 4 is 11.6 Å². The summed E-state index contributed by atoms with van der Waals surface area (Å²) in [5.74, 6) is 0.400. The highest BCUT2D eigenvalue weighted by molar-refractivity contribution is 5.87. The van der Waals surface area contributed by atoms with E-state index in [1.165, 1.54) is 5.56 Å². The number of amides is 1. The van der Waals surface area contributed by atoms with Crippen molar-refractivity contribution in [1.82, 2.24) is 5.32 Å². The standard InChI is InChI=1S/C14H20N2O2/c1-10(9-18-2)8-15-14(17)13-7-11-5-3-4-6-12(11)16-13/h3-6,10,13,16H,7-9H2,1-2H3,(H,15,17). The summed E-state index contributed by atoms with van der Waals surface area (Å²) in [4.78, 5) is 12.0. The molecule has 18 heavy (non-hydrogen) atoms. The van der Waals surface area contributed by atoms with E-state index >= 15 is 0 Å². The Morgan fingerprint density at radius 3 is 3.06 bits per heavy atom. The SMILES string of the molecule is COCC(C)CNC(=O)C1Cc2ccccc2N1. The number of nitrogens with one attached hydrogen (secondary N) is 2. The molecular formula is C14H20N2O2. The number of para-hydroxylation sites is 1. The Morgan fingerprint density at radius 1 is 1.56 bits per heavy atom. The number of ether oxygens (including phenoxy) is 1. The molecule has 0 fully saturated rings. The van der Waals surface area contributed by atoms with Gasteiger partial charge in [-0.2, -0.15) is 0 Å². The van der Waals surface area contributed by atoms with Gasteiger partial charge in [0.25, 0.3) is 0 Å². The monoisotopic (exact) mass is 248 g/mol. The van der Waals surface area contributed by atoms with Crippen LogP contribution < -0.4 is 10.6 Å². The van der Waals surface area contributed by atoms with Gasteiger partial charge in [-0.1, -0.05) is 25.1 Å². The molecule has 0 aliphatic carbocycles. The average molecular weight is 248 g/mol. The third kappa shape index (κ3) is 3.01. The third-order valence-corrected chi connectivity index (χ3v) is 3.16. The lowest BCUT2D eigenvalue weighted by atomic mass is 10.1. The molecule has 1 aliphatic rings. The number of hydrogen-bond donors (Lipinski definition) is 2. The van der Waals surface area contributed by atoms with Crippen LogP contribution in [-0.4, -0.2) is 32.2 Å². The van der Waals surface area contributed by atoms with Crippen LogP contribution in [0.5, 0.6) is 0 Å². The number of hydrogen-bond acceptors (Lipinski definition) is 3. The van der Waals surface area contributed by atoms with Crippen LogP contribution in [0.4, 0.5) is 5.69 Å². The van der Waals surface area contributed by atoms with Crippen molar-refractivity contribution in [3.05, 3.63) is 29.8 Å². The van der Waals surface area contributed by atoms with Gasteiger partial charge >= 0.3 is 0 Å². The molecule has 0 saturated carbocycles. The van der Waals surface area contributed by atoms with Crippen LogP contribution in [0, 0.1) is 5.92 Å². The Hall–Kier alpha value is -1.55. The summed E-state index contributed by atoms with van der Waals surface area (Å²) in [6.07, 6.45) is 0.765. The van der Waals surface area contributed by atoms with E-state index in [1.54, 1.807) is 7.11 Å². The summed E-state index contributed by atoms with van der Waals surface area (Å²) < 4.78 is 5.05. The van der Waals surface area contributed by atoms with Crippen LogP contribution in [0.15, 0.2) is 24.3 Å². The zero-order chi connectivity index (χ0) is 13.0. The molecule has 2 atom stereocenters. The highest BCUT2D eigenvalue weighted by Crippen LogP contribution is 2.24. The Bertz CT molecular complexity index is 395. The maximum absolute atomic E-state index is 12.0. The van der Waals surface area contributed by atoms with Crippen molar-refractivity contribution in [3.8, 4) is 0 Å². The van der Waals surface area contributed by atoms with Crippen molar-refractivity contribution in [2.45, 2.75) is 19.4 Å². The molecule has 2 unspecified atom stereocenters. The topological polar surface area (TPSA) is 50.4 Å². The number of anilines is 1. The number of rotatable bonds is 5. The predicted molar refractivity (Wildman–Crippen MR) is 71.6 cm³/mol. The van der Waals surface area contributed by atoms with Gasteiger partial charge in [0.05, 0.1) is 6.61 Å². The van der Waals surface area contributed by atoms with Gasteiger partial charge < -0.3 is 15.4 Å². The second-order valence-corrected chi connectivity index (χ2v) is 4.86. The molecule has 98 valence electrons. The van der Waals surface area contributed by atoms with Crippen LogP contribution >= 0.6 is 0 Å². The van der Waals surface area contributed by atoms with E-state index in [0.717, 1.165) is 12.1 Å². The largest absolute Gasteiger partial charge is 0.384 e. The summed E-state index contributed by atoms with van der Waals surface area (Å²) in [7, 11) is 1.67. The number of carbonyl (C=O) groups excluding carboxylic acids is 1. The van der Waals surface area contributed by atoms with Crippen LogP contribution in [-0.2, 0) is 16.0 Å². The molecular weight excluding hydrogens is 228 g/mol. The van der Waals surface area contributed by atoms with Crippen LogP contribution in [0.2, 0.25) is 0 Å². The van der Waals surface area contributed by atoms with Gasteiger partial charge in [0.2, 0.25) is 5.91 Å². The molecule has 2 rings (SSSR count). The first-order valence-corrected chi connectivity index (χ1v) is 6.31. The molecule has 4 heteroatoms. The first-order chi connectivity index (χ1) is 8.70. The lowest BCUT2D eigenvalue weighted by Crippen LogP contribution is -2.40. The number of benzene rings is 1. The maximum atomic E-state index is 12.0. The average Bonchev–Trinajstić information content (AvgIpc) is 2.80. The Labute approximate surface area is 108 Å². The van der Waals surface area contributed by atoms with E-state index in [-0.39, 0.29) is 11.9 Å². The molecule has 0 bridgehead atoms. The van der Waals surface area contributed by atoms with Crippen LogP contribution in [0.25, 0.3) is 0 Å². The van der Waals surface area contributed by atoms with E-state index in [9.17, 15) is 4.79 Å². The first-order valence-electron chi connectivity index (χ1n) is 6.31. The fraction of sp³-hybridized carbons (Fsp3) is 0.500. The minimum absolute atomic E-state index is 0.0640. The van der Waals surface area contributed by atoms with Crippen molar-refractivity contribution < 1.29 is 9.53 Å². The normalized spacial score (nSPS) is 18.9. The minimum Gasteiger partial charge on any atom is -0.384 e. The predicted octanol–water partition coefficient (Wildman–Crippen LogP) is 1.42. The fourth-order valence-electron chi connectivity index (χ4n) is 2.20. The molecule has 0 spiro atoms. The molecule has 2 N–H and O–H groups in total. The van der Waals surface area contributed by atoms with Crippen molar-refractivity contribution in [1.29, 1.82) is 0 Å². The molecule has 1 aliphatic heterocycles. The first kappa shape index (κ1) is 12.9. The molecule has 4 nitrogen and oxygen atoms in total.